The highest BCUT2D eigenvalue weighted by Crippen LogP contribution is 2.13. The topological polar surface area (TPSA) is 66.6 Å². The molecule has 1 heterocycles. The van der Waals surface area contributed by atoms with Crippen molar-refractivity contribution in [2.24, 2.45) is 5.73 Å². The van der Waals surface area contributed by atoms with E-state index in [1.807, 2.05) is 4.90 Å². The van der Waals surface area contributed by atoms with Crippen molar-refractivity contribution in [1.29, 1.82) is 0 Å². The van der Waals surface area contributed by atoms with E-state index in [9.17, 15) is 4.79 Å². The maximum absolute atomic E-state index is 10.9. The molecule has 1 rings (SSSR count). The van der Waals surface area contributed by atoms with Crippen LogP contribution in [0.2, 0.25) is 0 Å². The van der Waals surface area contributed by atoms with Crippen LogP contribution in [-0.4, -0.2) is 41.1 Å². The Morgan fingerprint density at radius 2 is 1.92 bits per heavy atom. The fraction of sp³-hybridized carbons (Fsp3) is 0.889. The number of nitrogens with zero attached hydrogens (tertiary/aromatic N) is 1. The van der Waals surface area contributed by atoms with Crippen molar-refractivity contribution < 1.29 is 9.90 Å². The fourth-order valence-electron chi connectivity index (χ4n) is 1.91. The van der Waals surface area contributed by atoms with Crippen LogP contribution in [-0.2, 0) is 4.79 Å². The number of nitrogens with two attached hydrogens (primary N) is 1. The van der Waals surface area contributed by atoms with E-state index in [-0.39, 0.29) is 6.04 Å². The second-order valence-electron chi connectivity index (χ2n) is 3.74. The lowest BCUT2D eigenvalue weighted by molar-refractivity contribution is -0.144. The van der Waals surface area contributed by atoms with Gasteiger partial charge >= 0.3 is 5.97 Å². The number of carboxylic acids is 1. The van der Waals surface area contributed by atoms with Gasteiger partial charge in [-0.05, 0) is 32.9 Å². The van der Waals surface area contributed by atoms with Gasteiger partial charge in [0.05, 0.1) is 0 Å². The zero-order chi connectivity index (χ0) is 9.84. The van der Waals surface area contributed by atoms with E-state index < -0.39 is 12.0 Å². The van der Waals surface area contributed by atoms with Crippen molar-refractivity contribution in [3.8, 4) is 0 Å². The maximum Gasteiger partial charge on any atom is 0.322 e. The van der Waals surface area contributed by atoms with Crippen LogP contribution < -0.4 is 5.73 Å². The molecule has 1 saturated heterocycles. The highest BCUT2D eigenvalue weighted by Gasteiger charge is 2.29. The van der Waals surface area contributed by atoms with Crippen LogP contribution in [0.15, 0.2) is 0 Å². The summed E-state index contributed by atoms with van der Waals surface area (Å²) in [6.45, 7) is 3.50. The lowest BCUT2D eigenvalue weighted by Gasteiger charge is -2.33. The summed E-state index contributed by atoms with van der Waals surface area (Å²) >= 11 is 0. The summed E-state index contributed by atoms with van der Waals surface area (Å²) in [7, 11) is 0. The number of likely N-dealkylation sites (tertiary alicyclic amines) is 1. The molecule has 0 amide bonds. The molecule has 1 fully saturated rings. The molecule has 13 heavy (non-hydrogen) atoms. The molecule has 3 N–H and O–H groups in total. The van der Waals surface area contributed by atoms with Gasteiger partial charge in [0.25, 0.3) is 0 Å². The Hall–Kier alpha value is -0.610. The van der Waals surface area contributed by atoms with Crippen molar-refractivity contribution in [2.75, 3.05) is 13.1 Å². The van der Waals surface area contributed by atoms with Gasteiger partial charge in [-0.1, -0.05) is 6.42 Å². The predicted octanol–water partition coefficient (Wildman–Crippen LogP) is 0.273. The second kappa shape index (κ2) is 4.58. The quantitative estimate of drug-likeness (QED) is 0.664. The number of hydrogen-bond donors (Lipinski definition) is 2. The molecule has 0 bridgehead atoms. The molecule has 1 aliphatic rings. The number of rotatable bonds is 3. The van der Waals surface area contributed by atoms with Crippen LogP contribution in [0, 0.1) is 0 Å². The van der Waals surface area contributed by atoms with Crippen molar-refractivity contribution in [3.05, 3.63) is 0 Å². The molecular formula is C9H18N2O2. The molecule has 0 aromatic carbocycles. The highest BCUT2D eigenvalue weighted by atomic mass is 16.4. The van der Waals surface area contributed by atoms with Crippen molar-refractivity contribution in [1.82, 2.24) is 4.90 Å². The minimum absolute atomic E-state index is 0.296. The molecule has 2 unspecified atom stereocenters. The summed E-state index contributed by atoms with van der Waals surface area (Å²) in [5.74, 6) is -0.795. The Morgan fingerprint density at radius 1 is 1.38 bits per heavy atom. The first-order valence-corrected chi connectivity index (χ1v) is 4.85. The predicted molar refractivity (Wildman–Crippen MR) is 50.5 cm³/mol. The Balaban J connectivity index is 2.57. The summed E-state index contributed by atoms with van der Waals surface area (Å²) in [4.78, 5) is 12.9. The Morgan fingerprint density at radius 3 is 2.31 bits per heavy atom. The van der Waals surface area contributed by atoms with E-state index in [1.165, 1.54) is 6.42 Å². The largest absolute Gasteiger partial charge is 0.480 e. The minimum Gasteiger partial charge on any atom is -0.480 e. The number of hydrogen-bond acceptors (Lipinski definition) is 3. The maximum atomic E-state index is 10.9. The first-order valence-electron chi connectivity index (χ1n) is 4.85. The average molecular weight is 186 g/mol. The average Bonchev–Trinajstić information content (AvgIpc) is 2.04. The van der Waals surface area contributed by atoms with Crippen molar-refractivity contribution >= 4 is 5.97 Å². The minimum atomic E-state index is -0.795. The van der Waals surface area contributed by atoms with Crippen LogP contribution in [0.1, 0.15) is 26.2 Å². The second-order valence-corrected chi connectivity index (χ2v) is 3.74. The van der Waals surface area contributed by atoms with Crippen LogP contribution in [0.5, 0.6) is 0 Å². The van der Waals surface area contributed by atoms with Gasteiger partial charge in [-0.3, -0.25) is 9.69 Å². The van der Waals surface area contributed by atoms with Gasteiger partial charge in [0, 0.05) is 6.04 Å². The fourth-order valence-corrected chi connectivity index (χ4v) is 1.91. The van der Waals surface area contributed by atoms with E-state index in [0.29, 0.717) is 0 Å². The van der Waals surface area contributed by atoms with E-state index in [0.717, 1.165) is 25.9 Å². The van der Waals surface area contributed by atoms with E-state index >= 15 is 0 Å². The summed E-state index contributed by atoms with van der Waals surface area (Å²) < 4.78 is 0. The third-order valence-corrected chi connectivity index (χ3v) is 2.54. The van der Waals surface area contributed by atoms with Gasteiger partial charge < -0.3 is 10.8 Å². The molecule has 0 radical (unpaired) electrons. The number of aliphatic carboxylic acids is 1. The summed E-state index contributed by atoms with van der Waals surface area (Å²) in [6, 6.07) is -0.795. The third kappa shape index (κ3) is 2.67. The summed E-state index contributed by atoms with van der Waals surface area (Å²) in [5, 5.41) is 8.97. The lowest BCUT2D eigenvalue weighted by Crippen LogP contribution is -2.52. The zero-order valence-corrected chi connectivity index (χ0v) is 8.07. The lowest BCUT2D eigenvalue weighted by atomic mass is 10.0. The first kappa shape index (κ1) is 10.5. The Labute approximate surface area is 78.7 Å². The van der Waals surface area contributed by atoms with Crippen LogP contribution >= 0.6 is 0 Å². The van der Waals surface area contributed by atoms with E-state index in [2.05, 4.69) is 0 Å². The monoisotopic (exact) mass is 186 g/mol. The van der Waals surface area contributed by atoms with E-state index in [4.69, 9.17) is 10.8 Å². The molecule has 0 aromatic rings. The van der Waals surface area contributed by atoms with E-state index in [1.54, 1.807) is 6.92 Å². The molecule has 0 spiro atoms. The Kier molecular flexibility index (Phi) is 3.69. The standard InChI is InChI=1S/C9H18N2O2/c1-7(10)8(9(12)13)11-5-3-2-4-6-11/h7-8H,2-6,10H2,1H3,(H,12,13). The number of carboxylic acid groups (broad SMARTS) is 1. The normalized spacial score (nSPS) is 23.8. The molecule has 4 heteroatoms. The smallest absolute Gasteiger partial charge is 0.322 e. The van der Waals surface area contributed by atoms with Crippen molar-refractivity contribution in [3.63, 3.8) is 0 Å². The van der Waals surface area contributed by atoms with Gasteiger partial charge in [-0.2, -0.15) is 0 Å². The van der Waals surface area contributed by atoms with Gasteiger partial charge in [-0.25, -0.2) is 0 Å². The molecule has 0 aliphatic carbocycles. The molecule has 1 aliphatic heterocycles. The van der Waals surface area contributed by atoms with Crippen LogP contribution in [0.3, 0.4) is 0 Å². The van der Waals surface area contributed by atoms with Gasteiger partial charge in [0.1, 0.15) is 6.04 Å². The highest BCUT2D eigenvalue weighted by molar-refractivity contribution is 5.74. The molecule has 4 nitrogen and oxygen atoms in total. The van der Waals surface area contributed by atoms with Crippen LogP contribution in [0.4, 0.5) is 0 Å². The molecule has 0 saturated carbocycles. The van der Waals surface area contributed by atoms with Gasteiger partial charge in [0.15, 0.2) is 0 Å². The molecule has 2 atom stereocenters. The third-order valence-electron chi connectivity index (χ3n) is 2.54. The summed E-state index contributed by atoms with van der Waals surface area (Å²) in [5.41, 5.74) is 5.65. The van der Waals surface area contributed by atoms with Crippen molar-refractivity contribution in [2.45, 2.75) is 38.3 Å². The molecular weight excluding hydrogens is 168 g/mol. The Bertz CT molecular complexity index is 176. The number of piperidine rings is 1. The van der Waals surface area contributed by atoms with Gasteiger partial charge in [0.2, 0.25) is 0 Å². The summed E-state index contributed by atoms with van der Waals surface area (Å²) in [6.07, 6.45) is 3.40. The van der Waals surface area contributed by atoms with Crippen LogP contribution in [0.25, 0.3) is 0 Å². The SMILES string of the molecule is CC(N)C(C(=O)O)N1CCCCC1. The van der Waals surface area contributed by atoms with Gasteiger partial charge in [-0.15, -0.1) is 0 Å². The molecule has 0 aromatic heterocycles. The molecule has 76 valence electrons. The zero-order valence-electron chi connectivity index (χ0n) is 8.07. The number of carbonyl (C=O) groups is 1. The first-order chi connectivity index (χ1) is 6.13.